The molecule has 3 rings (SSSR count). The van der Waals surface area contributed by atoms with Gasteiger partial charge in [0.15, 0.2) is 9.84 Å². The topological polar surface area (TPSA) is 60.9 Å². The maximum atomic E-state index is 12.5. The maximum absolute atomic E-state index is 12.5. The number of rotatable bonds is 8. The minimum atomic E-state index is -3.24. The van der Waals surface area contributed by atoms with Gasteiger partial charge in [-0.3, -0.25) is 0 Å². The molecular formula is C19H30N2O3S. The molecule has 2 saturated heterocycles. The zero-order valence-electron chi connectivity index (χ0n) is 15.1. The summed E-state index contributed by atoms with van der Waals surface area (Å²) in [5.74, 6) is 0.596. The number of fused-ring (bicyclic) bond motifs is 1. The van der Waals surface area contributed by atoms with Gasteiger partial charge < -0.3 is 14.9 Å². The molecule has 0 aromatic heterocycles. The largest absolute Gasteiger partial charge is 0.396 e. The molecule has 1 aromatic carbocycles. The second kappa shape index (κ2) is 7.74. The summed E-state index contributed by atoms with van der Waals surface area (Å²) < 4.78 is 24.9. The summed E-state index contributed by atoms with van der Waals surface area (Å²) in [6.07, 6.45) is 2.39. The van der Waals surface area contributed by atoms with E-state index in [0.29, 0.717) is 17.4 Å². The fraction of sp³-hybridized carbons (Fsp3) is 0.684. The second-order valence-electron chi connectivity index (χ2n) is 7.67. The minimum absolute atomic E-state index is 0.0652. The van der Waals surface area contributed by atoms with Gasteiger partial charge in [-0.2, -0.15) is 0 Å². The van der Waals surface area contributed by atoms with Gasteiger partial charge in [-0.25, -0.2) is 8.42 Å². The number of likely N-dealkylation sites (tertiary alicyclic amines) is 2. The number of nitrogens with zero attached hydrogens (tertiary/aromatic N) is 2. The molecule has 2 aliphatic heterocycles. The Kier molecular flexibility index (Phi) is 5.83. The molecule has 25 heavy (non-hydrogen) atoms. The van der Waals surface area contributed by atoms with Crippen LogP contribution in [0.15, 0.2) is 35.2 Å². The van der Waals surface area contributed by atoms with E-state index in [1.807, 2.05) is 6.07 Å². The van der Waals surface area contributed by atoms with E-state index in [9.17, 15) is 13.5 Å². The number of sulfone groups is 1. The Bertz CT molecular complexity index is 665. The van der Waals surface area contributed by atoms with Gasteiger partial charge in [0, 0.05) is 38.1 Å². The monoisotopic (exact) mass is 366 g/mol. The third-order valence-electron chi connectivity index (χ3n) is 5.82. The summed E-state index contributed by atoms with van der Waals surface area (Å²) in [6.45, 7) is 7.73. The summed E-state index contributed by atoms with van der Waals surface area (Å²) in [5, 5.41) is 10.0. The molecule has 0 saturated carbocycles. The first-order valence-corrected chi connectivity index (χ1v) is 11.0. The van der Waals surface area contributed by atoms with Crippen molar-refractivity contribution in [3.8, 4) is 0 Å². The Balaban J connectivity index is 1.57. The molecule has 0 spiro atoms. The van der Waals surface area contributed by atoms with Gasteiger partial charge in [0.05, 0.1) is 17.3 Å². The lowest BCUT2D eigenvalue weighted by atomic mass is 9.82. The number of unbranched alkanes of at least 4 members (excludes halogenated alkanes) is 1. The predicted octanol–water partition coefficient (Wildman–Crippen LogP) is 1.49. The van der Waals surface area contributed by atoms with Crippen LogP contribution >= 0.6 is 0 Å². The highest BCUT2D eigenvalue weighted by atomic mass is 32.2. The molecule has 2 aliphatic rings. The lowest BCUT2D eigenvalue weighted by molar-refractivity contribution is 0.113. The van der Waals surface area contributed by atoms with E-state index in [4.69, 9.17) is 0 Å². The SMILES string of the molecule is CCCCN1CC2CN(CCS(=O)(=O)c3ccccc3)CC2(CO)C1. The van der Waals surface area contributed by atoms with Gasteiger partial charge in [-0.1, -0.05) is 31.5 Å². The Hall–Kier alpha value is -0.950. The molecule has 2 heterocycles. The highest BCUT2D eigenvalue weighted by Crippen LogP contribution is 2.42. The number of aliphatic hydroxyl groups is 1. The molecule has 1 N–H and O–H groups in total. The van der Waals surface area contributed by atoms with E-state index in [1.165, 1.54) is 12.8 Å². The van der Waals surface area contributed by atoms with Crippen LogP contribution in [0.5, 0.6) is 0 Å². The van der Waals surface area contributed by atoms with Gasteiger partial charge in [0.25, 0.3) is 0 Å². The Morgan fingerprint density at radius 2 is 1.76 bits per heavy atom. The lowest BCUT2D eigenvalue weighted by Gasteiger charge is -2.27. The van der Waals surface area contributed by atoms with Crippen LogP contribution in [-0.4, -0.2) is 75.0 Å². The van der Waals surface area contributed by atoms with Crippen LogP contribution in [-0.2, 0) is 9.84 Å². The molecule has 140 valence electrons. The van der Waals surface area contributed by atoms with Crippen molar-refractivity contribution in [3.63, 3.8) is 0 Å². The molecule has 0 aliphatic carbocycles. The van der Waals surface area contributed by atoms with Crippen LogP contribution in [0.25, 0.3) is 0 Å². The second-order valence-corrected chi connectivity index (χ2v) is 9.78. The fourth-order valence-electron chi connectivity index (χ4n) is 4.34. The van der Waals surface area contributed by atoms with Crippen LogP contribution in [0, 0.1) is 11.3 Å². The van der Waals surface area contributed by atoms with Gasteiger partial charge in [0.1, 0.15) is 0 Å². The standard InChI is InChI=1S/C19H30N2O3S/c1-2-3-9-20-12-17-13-21(15-19(17,14-20)16-22)10-11-25(23,24)18-7-5-4-6-8-18/h4-8,17,22H,2-3,9-16H2,1H3. The van der Waals surface area contributed by atoms with Gasteiger partial charge in [0.2, 0.25) is 0 Å². The zero-order valence-corrected chi connectivity index (χ0v) is 15.9. The van der Waals surface area contributed by atoms with Crippen molar-refractivity contribution < 1.29 is 13.5 Å². The molecule has 5 nitrogen and oxygen atoms in total. The van der Waals surface area contributed by atoms with Crippen molar-refractivity contribution in [2.45, 2.75) is 24.7 Å². The Morgan fingerprint density at radius 1 is 1.12 bits per heavy atom. The third-order valence-corrected chi connectivity index (χ3v) is 7.53. The lowest BCUT2D eigenvalue weighted by Crippen LogP contribution is -2.38. The highest BCUT2D eigenvalue weighted by Gasteiger charge is 2.51. The molecule has 0 amide bonds. The van der Waals surface area contributed by atoms with Crippen molar-refractivity contribution >= 4 is 9.84 Å². The van der Waals surface area contributed by atoms with E-state index >= 15 is 0 Å². The van der Waals surface area contributed by atoms with Gasteiger partial charge >= 0.3 is 0 Å². The summed E-state index contributed by atoms with van der Waals surface area (Å²) in [4.78, 5) is 5.11. The molecule has 2 unspecified atom stereocenters. The van der Waals surface area contributed by atoms with Crippen LogP contribution in [0.2, 0.25) is 0 Å². The van der Waals surface area contributed by atoms with Crippen LogP contribution in [0.4, 0.5) is 0 Å². The van der Waals surface area contributed by atoms with Gasteiger partial charge in [-0.05, 0) is 31.0 Å². The fourth-order valence-corrected chi connectivity index (χ4v) is 5.65. The molecule has 2 atom stereocenters. The molecule has 6 heteroatoms. The normalized spacial score (nSPS) is 27.7. The number of hydrogen-bond acceptors (Lipinski definition) is 5. The van der Waals surface area contributed by atoms with E-state index < -0.39 is 9.84 Å². The predicted molar refractivity (Wildman–Crippen MR) is 99.3 cm³/mol. The van der Waals surface area contributed by atoms with E-state index in [0.717, 1.165) is 32.7 Å². The molecule has 1 aromatic rings. The first-order valence-electron chi connectivity index (χ1n) is 9.32. The molecular weight excluding hydrogens is 336 g/mol. The third kappa shape index (κ3) is 4.08. The first kappa shape index (κ1) is 18.8. The number of benzene rings is 1. The minimum Gasteiger partial charge on any atom is -0.396 e. The van der Waals surface area contributed by atoms with Crippen molar-refractivity contribution in [1.29, 1.82) is 0 Å². The van der Waals surface area contributed by atoms with E-state index in [-0.39, 0.29) is 17.8 Å². The smallest absolute Gasteiger partial charge is 0.179 e. The van der Waals surface area contributed by atoms with Gasteiger partial charge in [-0.15, -0.1) is 0 Å². The van der Waals surface area contributed by atoms with E-state index in [2.05, 4.69) is 16.7 Å². The number of aliphatic hydroxyl groups excluding tert-OH is 1. The van der Waals surface area contributed by atoms with Crippen molar-refractivity contribution in [2.24, 2.45) is 11.3 Å². The molecule has 2 fully saturated rings. The molecule has 0 bridgehead atoms. The summed E-state index contributed by atoms with van der Waals surface area (Å²) >= 11 is 0. The summed E-state index contributed by atoms with van der Waals surface area (Å²) in [6, 6.07) is 8.68. The van der Waals surface area contributed by atoms with Crippen molar-refractivity contribution in [2.75, 3.05) is 51.6 Å². The average molecular weight is 367 g/mol. The van der Waals surface area contributed by atoms with Crippen LogP contribution < -0.4 is 0 Å². The van der Waals surface area contributed by atoms with Crippen molar-refractivity contribution in [1.82, 2.24) is 9.80 Å². The summed E-state index contributed by atoms with van der Waals surface area (Å²) in [5.41, 5.74) is -0.0652. The zero-order chi connectivity index (χ0) is 17.9. The van der Waals surface area contributed by atoms with Crippen LogP contribution in [0.3, 0.4) is 0 Å². The first-order chi connectivity index (χ1) is 12.0. The van der Waals surface area contributed by atoms with E-state index in [1.54, 1.807) is 24.3 Å². The maximum Gasteiger partial charge on any atom is 0.179 e. The summed E-state index contributed by atoms with van der Waals surface area (Å²) in [7, 11) is -3.24. The average Bonchev–Trinajstić information content (AvgIpc) is 3.13. The Labute approximate surface area is 151 Å². The van der Waals surface area contributed by atoms with Crippen LogP contribution in [0.1, 0.15) is 19.8 Å². The highest BCUT2D eigenvalue weighted by molar-refractivity contribution is 7.91. The Morgan fingerprint density at radius 3 is 2.32 bits per heavy atom. The van der Waals surface area contributed by atoms with Crippen molar-refractivity contribution in [3.05, 3.63) is 30.3 Å². The quantitative estimate of drug-likeness (QED) is 0.755. The number of hydrogen-bond donors (Lipinski definition) is 1. The molecule has 0 radical (unpaired) electrons.